The van der Waals surface area contributed by atoms with Gasteiger partial charge < -0.3 is 24.6 Å². The molecule has 2 unspecified atom stereocenters. The predicted octanol–water partition coefficient (Wildman–Crippen LogP) is 4.10. The number of hydrogen-bond donors (Lipinski definition) is 2. The summed E-state index contributed by atoms with van der Waals surface area (Å²) in [4.78, 5) is 8.08. The first-order valence-corrected chi connectivity index (χ1v) is 11.1. The van der Waals surface area contributed by atoms with E-state index >= 15 is 0 Å². The van der Waals surface area contributed by atoms with Crippen LogP contribution in [0.5, 0.6) is 11.9 Å². The van der Waals surface area contributed by atoms with Gasteiger partial charge >= 0.3 is 6.01 Å². The standard InChI is InChI=1S/C15H25N3O4.C7H8.C2H6/c1-20-14-12(9-17-15(18-14)21-2)13(19)6-4-8-22-10-11-5-3-7-16-11;1-7-5-3-2-4-6-7;1-2/h9,11,13,16,19H,3-8,10H2,1-2H3;2-6H,1H3;1-2H3. The lowest BCUT2D eigenvalue weighted by Gasteiger charge is -2.15. The molecule has 2 heterocycles. The Bertz CT molecular complexity index is 694. The molecule has 0 aliphatic carbocycles. The molecule has 0 radical (unpaired) electrons. The van der Waals surface area contributed by atoms with E-state index < -0.39 is 6.10 Å². The van der Waals surface area contributed by atoms with E-state index in [1.54, 1.807) is 6.20 Å². The van der Waals surface area contributed by atoms with Gasteiger partial charge in [-0.25, -0.2) is 4.98 Å². The summed E-state index contributed by atoms with van der Waals surface area (Å²) in [6.07, 6.45) is 4.62. The van der Waals surface area contributed by atoms with Crippen molar-refractivity contribution in [1.82, 2.24) is 15.3 Å². The Morgan fingerprint density at radius 1 is 1.16 bits per heavy atom. The van der Waals surface area contributed by atoms with E-state index in [0.29, 0.717) is 30.5 Å². The smallest absolute Gasteiger partial charge is 0.319 e. The lowest BCUT2D eigenvalue weighted by atomic mass is 10.1. The number of aromatic nitrogens is 2. The SMILES string of the molecule is CC.COc1ncc(C(O)CCCOCC2CCCN2)c(OC)n1.Cc1ccccc1. The lowest BCUT2D eigenvalue weighted by molar-refractivity contribution is 0.0940. The summed E-state index contributed by atoms with van der Waals surface area (Å²) < 4.78 is 15.8. The van der Waals surface area contributed by atoms with Crippen molar-refractivity contribution in [3.63, 3.8) is 0 Å². The second-order valence-electron chi connectivity index (χ2n) is 7.00. The van der Waals surface area contributed by atoms with Gasteiger partial charge in [0, 0.05) is 18.8 Å². The summed E-state index contributed by atoms with van der Waals surface area (Å²) in [6, 6.07) is 11.0. The van der Waals surface area contributed by atoms with Crippen LogP contribution >= 0.6 is 0 Å². The zero-order valence-corrected chi connectivity index (χ0v) is 19.6. The molecule has 1 aliphatic heterocycles. The number of aliphatic hydroxyl groups is 1. The van der Waals surface area contributed by atoms with Crippen molar-refractivity contribution in [2.45, 2.75) is 58.6 Å². The fourth-order valence-electron chi connectivity index (χ4n) is 3.04. The normalized spacial score (nSPS) is 15.7. The van der Waals surface area contributed by atoms with E-state index in [1.807, 2.05) is 32.0 Å². The topological polar surface area (TPSA) is 85.7 Å². The molecular formula is C24H39N3O4. The molecule has 0 saturated carbocycles. The van der Waals surface area contributed by atoms with Crippen LogP contribution in [-0.2, 0) is 4.74 Å². The molecule has 2 aromatic rings. The van der Waals surface area contributed by atoms with Gasteiger partial charge in [0.2, 0.25) is 5.88 Å². The molecule has 2 N–H and O–H groups in total. The van der Waals surface area contributed by atoms with Crippen LogP contribution in [-0.4, -0.2) is 55.1 Å². The van der Waals surface area contributed by atoms with Crippen molar-refractivity contribution in [2.24, 2.45) is 0 Å². The summed E-state index contributed by atoms with van der Waals surface area (Å²) in [7, 11) is 3.00. The molecule has 1 aliphatic rings. The van der Waals surface area contributed by atoms with Crippen LogP contribution in [0, 0.1) is 6.92 Å². The molecule has 7 heteroatoms. The first-order chi connectivity index (χ1) is 15.1. The Morgan fingerprint density at radius 2 is 1.90 bits per heavy atom. The van der Waals surface area contributed by atoms with E-state index in [1.165, 1.54) is 32.6 Å². The highest BCUT2D eigenvalue weighted by molar-refractivity contribution is 5.27. The van der Waals surface area contributed by atoms with Crippen LogP contribution in [0.25, 0.3) is 0 Å². The molecule has 0 spiro atoms. The Hall–Kier alpha value is -2.22. The fraction of sp³-hybridized carbons (Fsp3) is 0.583. The summed E-state index contributed by atoms with van der Waals surface area (Å²) >= 11 is 0. The molecule has 1 aromatic carbocycles. The second-order valence-corrected chi connectivity index (χ2v) is 7.00. The Morgan fingerprint density at radius 3 is 2.45 bits per heavy atom. The van der Waals surface area contributed by atoms with Gasteiger partial charge in [-0.2, -0.15) is 4.98 Å². The maximum Gasteiger partial charge on any atom is 0.319 e. The highest BCUT2D eigenvalue weighted by Crippen LogP contribution is 2.27. The first kappa shape index (κ1) is 26.8. The Labute approximate surface area is 187 Å². The van der Waals surface area contributed by atoms with Crippen LogP contribution in [0.2, 0.25) is 0 Å². The average molecular weight is 434 g/mol. The molecule has 0 bridgehead atoms. The first-order valence-electron chi connectivity index (χ1n) is 11.1. The van der Waals surface area contributed by atoms with Crippen molar-refractivity contribution in [1.29, 1.82) is 0 Å². The number of rotatable bonds is 9. The minimum atomic E-state index is -0.672. The number of aryl methyl sites for hydroxylation is 1. The third kappa shape index (κ3) is 10.6. The van der Waals surface area contributed by atoms with Crippen LogP contribution in [0.4, 0.5) is 0 Å². The summed E-state index contributed by atoms with van der Waals surface area (Å²) in [5, 5.41) is 13.6. The minimum Gasteiger partial charge on any atom is -0.481 e. The molecule has 1 fully saturated rings. The quantitative estimate of drug-likeness (QED) is 0.576. The number of nitrogens with zero attached hydrogens (tertiary/aromatic N) is 2. The number of aliphatic hydroxyl groups excluding tert-OH is 1. The fourth-order valence-corrected chi connectivity index (χ4v) is 3.04. The van der Waals surface area contributed by atoms with Crippen LogP contribution in [0.15, 0.2) is 36.5 Å². The van der Waals surface area contributed by atoms with Crippen LogP contribution in [0.1, 0.15) is 56.8 Å². The van der Waals surface area contributed by atoms with Gasteiger partial charge in [0.15, 0.2) is 0 Å². The van der Waals surface area contributed by atoms with Gasteiger partial charge in [-0.15, -0.1) is 0 Å². The van der Waals surface area contributed by atoms with Gasteiger partial charge in [-0.3, -0.25) is 0 Å². The molecule has 1 saturated heterocycles. The number of benzene rings is 1. The van der Waals surface area contributed by atoms with Crippen molar-refractivity contribution in [2.75, 3.05) is 34.0 Å². The molecule has 2 atom stereocenters. The number of methoxy groups -OCH3 is 2. The van der Waals surface area contributed by atoms with Gasteiger partial charge in [-0.05, 0) is 39.2 Å². The van der Waals surface area contributed by atoms with Gasteiger partial charge in [0.05, 0.1) is 32.5 Å². The van der Waals surface area contributed by atoms with E-state index in [2.05, 4.69) is 34.3 Å². The maximum absolute atomic E-state index is 10.2. The number of hydrogen-bond acceptors (Lipinski definition) is 7. The predicted molar refractivity (Wildman–Crippen MR) is 124 cm³/mol. The van der Waals surface area contributed by atoms with Crippen molar-refractivity contribution in [3.05, 3.63) is 47.7 Å². The maximum atomic E-state index is 10.2. The molecule has 3 rings (SSSR count). The number of ether oxygens (including phenoxy) is 3. The molecule has 174 valence electrons. The largest absolute Gasteiger partial charge is 0.481 e. The minimum absolute atomic E-state index is 0.222. The summed E-state index contributed by atoms with van der Waals surface area (Å²) in [5.41, 5.74) is 1.89. The Balaban J connectivity index is 0.000000447. The third-order valence-electron chi connectivity index (χ3n) is 4.68. The highest BCUT2D eigenvalue weighted by atomic mass is 16.5. The van der Waals surface area contributed by atoms with E-state index in [9.17, 15) is 5.11 Å². The van der Waals surface area contributed by atoms with E-state index in [-0.39, 0.29) is 6.01 Å². The van der Waals surface area contributed by atoms with Crippen LogP contribution in [0.3, 0.4) is 0 Å². The molecule has 7 nitrogen and oxygen atoms in total. The van der Waals surface area contributed by atoms with Crippen LogP contribution < -0.4 is 14.8 Å². The molecule has 1 aromatic heterocycles. The van der Waals surface area contributed by atoms with Gasteiger partial charge in [0.25, 0.3) is 0 Å². The average Bonchev–Trinajstić information content (AvgIpc) is 3.34. The molecular weight excluding hydrogens is 394 g/mol. The molecule has 0 amide bonds. The highest BCUT2D eigenvalue weighted by Gasteiger charge is 2.17. The molecule has 31 heavy (non-hydrogen) atoms. The zero-order chi connectivity index (χ0) is 22.9. The Kier molecular flexibility index (Phi) is 14.2. The van der Waals surface area contributed by atoms with Crippen molar-refractivity contribution < 1.29 is 19.3 Å². The second kappa shape index (κ2) is 16.5. The van der Waals surface area contributed by atoms with E-state index in [0.717, 1.165) is 19.6 Å². The van der Waals surface area contributed by atoms with Crippen molar-refractivity contribution in [3.8, 4) is 11.9 Å². The zero-order valence-electron chi connectivity index (χ0n) is 19.6. The summed E-state index contributed by atoms with van der Waals surface area (Å²) in [5.74, 6) is 0.343. The third-order valence-corrected chi connectivity index (χ3v) is 4.68. The van der Waals surface area contributed by atoms with Gasteiger partial charge in [0.1, 0.15) is 0 Å². The monoisotopic (exact) mass is 433 g/mol. The van der Waals surface area contributed by atoms with Crippen molar-refractivity contribution >= 4 is 0 Å². The van der Waals surface area contributed by atoms with Gasteiger partial charge in [-0.1, -0.05) is 49.7 Å². The summed E-state index contributed by atoms with van der Waals surface area (Å²) in [6.45, 7) is 8.55. The number of nitrogens with one attached hydrogen (secondary N) is 1. The van der Waals surface area contributed by atoms with E-state index in [4.69, 9.17) is 14.2 Å². The lowest BCUT2D eigenvalue weighted by Crippen LogP contribution is -2.26.